The van der Waals surface area contributed by atoms with E-state index in [4.69, 9.17) is 0 Å². The Bertz CT molecular complexity index is 252. The van der Waals surface area contributed by atoms with Crippen LogP contribution in [-0.4, -0.2) is 34.8 Å². The molecule has 0 N–H and O–H groups in total. The molecular formula is C7H10BrN3. The van der Waals surface area contributed by atoms with Crippen molar-refractivity contribution in [2.24, 2.45) is 0 Å². The van der Waals surface area contributed by atoms with Gasteiger partial charge >= 0.3 is 0 Å². The zero-order valence-corrected chi connectivity index (χ0v) is 7.95. The van der Waals surface area contributed by atoms with Gasteiger partial charge in [-0.2, -0.15) is 5.10 Å². The SMILES string of the molecule is CN1CC(n2ccc(Br)n2)C1. The van der Waals surface area contributed by atoms with Crippen molar-refractivity contribution in [1.82, 2.24) is 14.7 Å². The topological polar surface area (TPSA) is 21.1 Å². The van der Waals surface area contributed by atoms with Crippen LogP contribution in [0.4, 0.5) is 0 Å². The van der Waals surface area contributed by atoms with Crippen LogP contribution in [0.25, 0.3) is 0 Å². The summed E-state index contributed by atoms with van der Waals surface area (Å²) in [5.41, 5.74) is 0. The summed E-state index contributed by atoms with van der Waals surface area (Å²) in [4.78, 5) is 2.28. The van der Waals surface area contributed by atoms with Crippen LogP contribution in [0.3, 0.4) is 0 Å². The fourth-order valence-corrected chi connectivity index (χ4v) is 1.65. The highest BCUT2D eigenvalue weighted by Gasteiger charge is 2.24. The number of rotatable bonds is 1. The first kappa shape index (κ1) is 7.31. The molecule has 1 aromatic heterocycles. The molecule has 11 heavy (non-hydrogen) atoms. The average Bonchev–Trinajstić information content (AvgIpc) is 2.29. The third kappa shape index (κ3) is 1.32. The van der Waals surface area contributed by atoms with Crippen LogP contribution in [0.1, 0.15) is 6.04 Å². The van der Waals surface area contributed by atoms with Gasteiger partial charge in [-0.25, -0.2) is 0 Å². The second-order valence-corrected chi connectivity index (χ2v) is 3.81. The van der Waals surface area contributed by atoms with Gasteiger partial charge in [-0.15, -0.1) is 0 Å². The van der Waals surface area contributed by atoms with E-state index in [-0.39, 0.29) is 0 Å². The predicted molar refractivity (Wildman–Crippen MR) is 46.5 cm³/mol. The molecule has 1 fully saturated rings. The van der Waals surface area contributed by atoms with Crippen LogP contribution >= 0.6 is 15.9 Å². The average molecular weight is 216 g/mol. The summed E-state index contributed by atoms with van der Waals surface area (Å²) < 4.78 is 2.94. The standard InChI is InChI=1S/C7H10BrN3/c1-10-4-6(5-10)11-3-2-7(8)9-11/h2-3,6H,4-5H2,1H3. The van der Waals surface area contributed by atoms with E-state index in [1.807, 2.05) is 16.9 Å². The summed E-state index contributed by atoms with van der Waals surface area (Å²) in [7, 11) is 2.12. The summed E-state index contributed by atoms with van der Waals surface area (Å²) in [5.74, 6) is 0. The molecule has 60 valence electrons. The second kappa shape index (κ2) is 2.60. The zero-order valence-electron chi connectivity index (χ0n) is 6.37. The van der Waals surface area contributed by atoms with Gasteiger partial charge in [0, 0.05) is 19.3 Å². The Labute approximate surface area is 74.1 Å². The molecule has 0 saturated carbocycles. The van der Waals surface area contributed by atoms with Crippen molar-refractivity contribution in [3.63, 3.8) is 0 Å². The lowest BCUT2D eigenvalue weighted by Crippen LogP contribution is -2.45. The fraction of sp³-hybridized carbons (Fsp3) is 0.571. The van der Waals surface area contributed by atoms with Gasteiger partial charge in [-0.3, -0.25) is 4.68 Å². The summed E-state index contributed by atoms with van der Waals surface area (Å²) in [6, 6.07) is 2.56. The molecule has 1 aliphatic rings. The third-order valence-corrected chi connectivity index (χ3v) is 2.42. The lowest BCUT2D eigenvalue weighted by Gasteiger charge is -2.36. The first-order chi connectivity index (χ1) is 5.25. The summed E-state index contributed by atoms with van der Waals surface area (Å²) in [5, 5.41) is 4.27. The Balaban J connectivity index is 2.07. The molecule has 0 unspecified atom stereocenters. The fourth-order valence-electron chi connectivity index (χ4n) is 1.35. The van der Waals surface area contributed by atoms with Crippen LogP contribution in [0.2, 0.25) is 0 Å². The minimum Gasteiger partial charge on any atom is -0.302 e. The molecule has 0 aliphatic carbocycles. The van der Waals surface area contributed by atoms with Crippen molar-refractivity contribution in [2.75, 3.05) is 20.1 Å². The Kier molecular flexibility index (Phi) is 1.73. The van der Waals surface area contributed by atoms with Crippen LogP contribution in [0.5, 0.6) is 0 Å². The number of aromatic nitrogens is 2. The van der Waals surface area contributed by atoms with E-state index in [2.05, 4.69) is 33.0 Å². The van der Waals surface area contributed by atoms with Crippen molar-refractivity contribution in [3.8, 4) is 0 Å². The van der Waals surface area contributed by atoms with Crippen molar-refractivity contribution < 1.29 is 0 Å². The highest BCUT2D eigenvalue weighted by atomic mass is 79.9. The number of likely N-dealkylation sites (tertiary alicyclic amines) is 1. The van der Waals surface area contributed by atoms with Gasteiger partial charge in [-0.1, -0.05) is 0 Å². The molecule has 1 aliphatic heterocycles. The number of nitrogens with zero attached hydrogens (tertiary/aromatic N) is 3. The molecule has 3 nitrogen and oxygen atoms in total. The highest BCUT2D eigenvalue weighted by Crippen LogP contribution is 2.19. The van der Waals surface area contributed by atoms with Gasteiger partial charge in [0.2, 0.25) is 0 Å². The van der Waals surface area contributed by atoms with Crippen molar-refractivity contribution >= 4 is 15.9 Å². The third-order valence-electron chi connectivity index (χ3n) is 1.99. The maximum absolute atomic E-state index is 4.27. The number of halogens is 1. The highest BCUT2D eigenvalue weighted by molar-refractivity contribution is 9.10. The van der Waals surface area contributed by atoms with Crippen LogP contribution in [-0.2, 0) is 0 Å². The van der Waals surface area contributed by atoms with Crippen LogP contribution in [0.15, 0.2) is 16.9 Å². The molecule has 1 saturated heterocycles. The van der Waals surface area contributed by atoms with E-state index in [9.17, 15) is 0 Å². The minimum absolute atomic E-state index is 0.589. The van der Waals surface area contributed by atoms with Gasteiger partial charge < -0.3 is 4.90 Å². The maximum Gasteiger partial charge on any atom is 0.128 e. The van der Waals surface area contributed by atoms with Crippen LogP contribution < -0.4 is 0 Å². The Hall–Kier alpha value is -0.350. The monoisotopic (exact) mass is 215 g/mol. The van der Waals surface area contributed by atoms with Gasteiger partial charge in [0.1, 0.15) is 4.60 Å². The Morgan fingerprint density at radius 1 is 1.64 bits per heavy atom. The molecular weight excluding hydrogens is 206 g/mol. The second-order valence-electron chi connectivity index (χ2n) is 2.99. The number of likely N-dealkylation sites (N-methyl/N-ethyl adjacent to an activating group) is 1. The summed E-state index contributed by atoms with van der Waals surface area (Å²) >= 11 is 3.32. The maximum atomic E-state index is 4.27. The number of hydrogen-bond acceptors (Lipinski definition) is 2. The Morgan fingerprint density at radius 3 is 2.82 bits per heavy atom. The molecule has 0 radical (unpaired) electrons. The van der Waals surface area contributed by atoms with E-state index in [0.29, 0.717) is 6.04 Å². The number of hydrogen-bond donors (Lipinski definition) is 0. The van der Waals surface area contributed by atoms with Crippen molar-refractivity contribution in [3.05, 3.63) is 16.9 Å². The molecule has 0 atom stereocenters. The van der Waals surface area contributed by atoms with E-state index >= 15 is 0 Å². The predicted octanol–water partition coefficient (Wildman–Crippen LogP) is 1.13. The first-order valence-corrected chi connectivity index (χ1v) is 4.44. The molecule has 4 heteroatoms. The van der Waals surface area contributed by atoms with E-state index in [1.54, 1.807) is 0 Å². The summed E-state index contributed by atoms with van der Waals surface area (Å²) in [6.07, 6.45) is 2.02. The molecule has 0 bridgehead atoms. The normalized spacial score (nSPS) is 20.2. The van der Waals surface area contributed by atoms with Crippen LogP contribution in [0, 0.1) is 0 Å². The largest absolute Gasteiger partial charge is 0.302 e. The van der Waals surface area contributed by atoms with E-state index < -0.39 is 0 Å². The van der Waals surface area contributed by atoms with Gasteiger partial charge in [-0.05, 0) is 29.0 Å². The Morgan fingerprint density at radius 2 is 2.36 bits per heavy atom. The van der Waals surface area contributed by atoms with Gasteiger partial charge in [0.25, 0.3) is 0 Å². The molecule has 2 rings (SSSR count). The van der Waals surface area contributed by atoms with Crippen molar-refractivity contribution in [2.45, 2.75) is 6.04 Å². The first-order valence-electron chi connectivity index (χ1n) is 3.65. The molecule has 1 aromatic rings. The molecule has 0 aromatic carbocycles. The van der Waals surface area contributed by atoms with Gasteiger partial charge in [0.15, 0.2) is 0 Å². The molecule has 0 spiro atoms. The molecule has 0 amide bonds. The smallest absolute Gasteiger partial charge is 0.128 e. The zero-order chi connectivity index (χ0) is 7.84. The minimum atomic E-state index is 0.589. The van der Waals surface area contributed by atoms with Crippen molar-refractivity contribution in [1.29, 1.82) is 0 Å². The van der Waals surface area contributed by atoms with E-state index in [1.165, 1.54) is 0 Å². The van der Waals surface area contributed by atoms with E-state index in [0.717, 1.165) is 17.7 Å². The molecule has 2 heterocycles. The lowest BCUT2D eigenvalue weighted by atomic mass is 10.1. The van der Waals surface area contributed by atoms with Gasteiger partial charge in [0.05, 0.1) is 6.04 Å². The lowest BCUT2D eigenvalue weighted by molar-refractivity contribution is 0.130. The summed E-state index contributed by atoms with van der Waals surface area (Å²) in [6.45, 7) is 2.24. The quantitative estimate of drug-likeness (QED) is 0.701.